The lowest BCUT2D eigenvalue weighted by Crippen LogP contribution is -2.28. The number of nitrogens with two attached hydrogens (primary N) is 1. The highest BCUT2D eigenvalue weighted by Gasteiger charge is 2.26. The number of carbonyl (C=O) groups is 2. The predicted octanol–water partition coefficient (Wildman–Crippen LogP) is 2.66. The number of hydrogen-bond donors (Lipinski definition) is 2. The third-order valence-corrected chi connectivity index (χ3v) is 4.71. The van der Waals surface area contributed by atoms with Crippen LogP contribution in [-0.2, 0) is 11.2 Å². The molecule has 1 amide bonds. The van der Waals surface area contributed by atoms with Crippen LogP contribution in [-0.4, -0.2) is 17.7 Å². The van der Waals surface area contributed by atoms with E-state index in [4.69, 9.17) is 5.73 Å². The topological polar surface area (TPSA) is 72.2 Å². The molecule has 0 saturated heterocycles. The highest BCUT2D eigenvalue weighted by Crippen LogP contribution is 2.28. The number of aryl methyl sites for hydroxylation is 1. The van der Waals surface area contributed by atoms with E-state index < -0.39 is 0 Å². The van der Waals surface area contributed by atoms with E-state index in [2.05, 4.69) is 5.32 Å². The monoisotopic (exact) mass is 286 g/mol. The van der Waals surface area contributed by atoms with Gasteiger partial charge in [0.25, 0.3) is 0 Å². The van der Waals surface area contributed by atoms with Crippen molar-refractivity contribution in [3.8, 4) is 0 Å². The lowest BCUT2D eigenvalue weighted by Gasteiger charge is -2.17. The number of ketones is 1. The Kier molecular flexibility index (Phi) is 4.06. The molecule has 4 nitrogen and oxygen atoms in total. The molecule has 1 aromatic carbocycles. The van der Waals surface area contributed by atoms with Gasteiger partial charge in [-0.25, -0.2) is 0 Å². The highest BCUT2D eigenvalue weighted by atomic mass is 16.1. The van der Waals surface area contributed by atoms with Crippen molar-refractivity contribution in [1.29, 1.82) is 0 Å². The molecule has 1 saturated carbocycles. The van der Waals surface area contributed by atoms with Gasteiger partial charge in [0.1, 0.15) is 0 Å². The summed E-state index contributed by atoms with van der Waals surface area (Å²) in [6, 6.07) is 5.83. The maximum absolute atomic E-state index is 12.1. The Bertz CT molecular complexity index is 568. The standard InChI is InChI=1S/C17H22N2O2/c18-15-5-1-4-12(15)9-17(21)19-13-8-7-11-3-2-6-16(20)14(11)10-13/h7-8,10,12,15H,1-6,9,18H2,(H,19,21)/t12-,15+/m0/s1. The first-order valence-electron chi connectivity index (χ1n) is 7.85. The van der Waals surface area contributed by atoms with Crippen LogP contribution in [0.1, 0.15) is 54.4 Å². The molecule has 112 valence electrons. The SMILES string of the molecule is N[C@@H]1CCC[C@H]1CC(=O)Nc1ccc2c(c1)C(=O)CCC2. The molecule has 0 heterocycles. The van der Waals surface area contributed by atoms with Gasteiger partial charge >= 0.3 is 0 Å². The molecule has 0 aromatic heterocycles. The Hall–Kier alpha value is -1.68. The zero-order chi connectivity index (χ0) is 14.8. The number of Topliss-reactive ketones (excluding diaryl/α,β-unsaturated/α-hetero) is 1. The third kappa shape index (κ3) is 3.16. The Morgan fingerprint density at radius 1 is 1.24 bits per heavy atom. The average Bonchev–Trinajstić information content (AvgIpc) is 2.85. The minimum absolute atomic E-state index is 0.000517. The molecule has 2 aliphatic rings. The Morgan fingerprint density at radius 3 is 2.86 bits per heavy atom. The first-order valence-corrected chi connectivity index (χ1v) is 7.85. The largest absolute Gasteiger partial charge is 0.327 e. The number of hydrogen-bond acceptors (Lipinski definition) is 3. The van der Waals surface area contributed by atoms with E-state index in [0.717, 1.165) is 48.9 Å². The number of carbonyl (C=O) groups excluding carboxylic acids is 2. The van der Waals surface area contributed by atoms with E-state index in [-0.39, 0.29) is 17.7 Å². The van der Waals surface area contributed by atoms with Crippen LogP contribution in [0.3, 0.4) is 0 Å². The molecule has 0 unspecified atom stereocenters. The fourth-order valence-corrected chi connectivity index (χ4v) is 3.47. The number of anilines is 1. The van der Waals surface area contributed by atoms with Gasteiger partial charge in [-0.05, 0) is 49.3 Å². The molecular weight excluding hydrogens is 264 g/mol. The van der Waals surface area contributed by atoms with Crippen LogP contribution in [0.15, 0.2) is 18.2 Å². The number of benzene rings is 1. The van der Waals surface area contributed by atoms with Gasteiger partial charge in [0.2, 0.25) is 5.91 Å². The zero-order valence-electron chi connectivity index (χ0n) is 12.2. The molecule has 2 aliphatic carbocycles. The summed E-state index contributed by atoms with van der Waals surface area (Å²) in [5.74, 6) is 0.481. The van der Waals surface area contributed by atoms with Gasteiger partial charge in [-0.15, -0.1) is 0 Å². The molecule has 0 aliphatic heterocycles. The van der Waals surface area contributed by atoms with E-state index in [1.165, 1.54) is 0 Å². The van der Waals surface area contributed by atoms with Gasteiger partial charge in [0.05, 0.1) is 0 Å². The van der Waals surface area contributed by atoms with Crippen molar-refractivity contribution in [3.05, 3.63) is 29.3 Å². The van der Waals surface area contributed by atoms with E-state index in [0.29, 0.717) is 18.8 Å². The number of nitrogens with one attached hydrogen (secondary N) is 1. The summed E-state index contributed by atoms with van der Waals surface area (Å²) in [7, 11) is 0. The zero-order valence-corrected chi connectivity index (χ0v) is 12.2. The summed E-state index contributed by atoms with van der Waals surface area (Å²) in [6.45, 7) is 0. The van der Waals surface area contributed by atoms with Gasteiger partial charge in [-0.1, -0.05) is 12.5 Å². The number of fused-ring (bicyclic) bond motifs is 1. The second kappa shape index (κ2) is 5.98. The summed E-state index contributed by atoms with van der Waals surface area (Å²) in [6.07, 6.45) is 6.14. The molecule has 1 aromatic rings. The third-order valence-electron chi connectivity index (χ3n) is 4.71. The Labute approximate surface area is 125 Å². The Balaban J connectivity index is 1.66. The van der Waals surface area contributed by atoms with Crippen LogP contribution in [0, 0.1) is 5.92 Å². The molecule has 4 heteroatoms. The van der Waals surface area contributed by atoms with Gasteiger partial charge in [-0.3, -0.25) is 9.59 Å². The molecular formula is C17H22N2O2. The number of rotatable bonds is 3. The molecule has 3 rings (SSSR count). The van der Waals surface area contributed by atoms with Crippen LogP contribution in [0.2, 0.25) is 0 Å². The van der Waals surface area contributed by atoms with Crippen LogP contribution in [0.4, 0.5) is 5.69 Å². The lowest BCUT2D eigenvalue weighted by molar-refractivity contribution is -0.117. The van der Waals surface area contributed by atoms with E-state index >= 15 is 0 Å². The van der Waals surface area contributed by atoms with Crippen LogP contribution >= 0.6 is 0 Å². The van der Waals surface area contributed by atoms with Crippen molar-refractivity contribution in [2.24, 2.45) is 11.7 Å². The van der Waals surface area contributed by atoms with E-state index in [1.807, 2.05) is 18.2 Å². The minimum atomic E-state index is 0.000517. The van der Waals surface area contributed by atoms with Gasteiger partial charge in [0, 0.05) is 30.1 Å². The number of amides is 1. The van der Waals surface area contributed by atoms with Crippen molar-refractivity contribution in [2.45, 2.75) is 51.0 Å². The molecule has 0 spiro atoms. The van der Waals surface area contributed by atoms with Crippen LogP contribution < -0.4 is 11.1 Å². The van der Waals surface area contributed by atoms with Gasteiger partial charge in [-0.2, -0.15) is 0 Å². The van der Waals surface area contributed by atoms with E-state index in [1.54, 1.807) is 0 Å². The van der Waals surface area contributed by atoms with Crippen molar-refractivity contribution < 1.29 is 9.59 Å². The van der Waals surface area contributed by atoms with Crippen molar-refractivity contribution in [3.63, 3.8) is 0 Å². The molecule has 3 N–H and O–H groups in total. The summed E-state index contributed by atoms with van der Waals surface area (Å²) in [5, 5.41) is 2.91. The second-order valence-corrected chi connectivity index (χ2v) is 6.26. The van der Waals surface area contributed by atoms with Crippen molar-refractivity contribution in [2.75, 3.05) is 5.32 Å². The smallest absolute Gasteiger partial charge is 0.224 e. The summed E-state index contributed by atoms with van der Waals surface area (Å²) >= 11 is 0. The molecule has 1 fully saturated rings. The fourth-order valence-electron chi connectivity index (χ4n) is 3.47. The average molecular weight is 286 g/mol. The summed E-state index contributed by atoms with van der Waals surface area (Å²) in [5.41, 5.74) is 8.60. The fraction of sp³-hybridized carbons (Fsp3) is 0.529. The van der Waals surface area contributed by atoms with Crippen LogP contribution in [0.25, 0.3) is 0 Å². The predicted molar refractivity (Wildman–Crippen MR) is 82.3 cm³/mol. The summed E-state index contributed by atoms with van der Waals surface area (Å²) in [4.78, 5) is 24.0. The summed E-state index contributed by atoms with van der Waals surface area (Å²) < 4.78 is 0. The molecule has 0 bridgehead atoms. The van der Waals surface area contributed by atoms with Gasteiger partial charge in [0.15, 0.2) is 5.78 Å². The second-order valence-electron chi connectivity index (χ2n) is 6.26. The van der Waals surface area contributed by atoms with Gasteiger partial charge < -0.3 is 11.1 Å². The molecule has 0 radical (unpaired) electrons. The molecule has 2 atom stereocenters. The first kappa shape index (κ1) is 14.3. The maximum Gasteiger partial charge on any atom is 0.224 e. The van der Waals surface area contributed by atoms with Crippen molar-refractivity contribution in [1.82, 2.24) is 0 Å². The lowest BCUT2D eigenvalue weighted by atomic mass is 9.90. The normalized spacial score (nSPS) is 24.7. The van der Waals surface area contributed by atoms with Crippen LogP contribution in [0.5, 0.6) is 0 Å². The quantitative estimate of drug-likeness (QED) is 0.897. The first-order chi connectivity index (χ1) is 10.1. The van der Waals surface area contributed by atoms with Crippen molar-refractivity contribution >= 4 is 17.4 Å². The molecule has 21 heavy (non-hydrogen) atoms. The van der Waals surface area contributed by atoms with E-state index in [9.17, 15) is 9.59 Å². The Morgan fingerprint density at radius 2 is 2.10 bits per heavy atom. The maximum atomic E-state index is 12.1. The minimum Gasteiger partial charge on any atom is -0.327 e. The highest BCUT2D eigenvalue weighted by molar-refractivity contribution is 6.00.